The Hall–Kier alpha value is -1.68. The van der Waals surface area contributed by atoms with Gasteiger partial charge in [-0.3, -0.25) is 5.43 Å². The molecule has 0 spiro atoms. The fourth-order valence-corrected chi connectivity index (χ4v) is 1.80. The lowest BCUT2D eigenvalue weighted by Gasteiger charge is -2.01. The number of alkyl halides is 1. The highest BCUT2D eigenvalue weighted by Crippen LogP contribution is 2.11. The van der Waals surface area contributed by atoms with Gasteiger partial charge >= 0.3 is 0 Å². The van der Waals surface area contributed by atoms with Crippen molar-refractivity contribution in [2.45, 2.75) is 5.33 Å². The summed E-state index contributed by atoms with van der Waals surface area (Å²) in [6.45, 7) is 0. The summed E-state index contributed by atoms with van der Waals surface area (Å²) in [6.07, 6.45) is 1.47. The maximum absolute atomic E-state index is 13.6. The van der Waals surface area contributed by atoms with Crippen LogP contribution >= 0.6 is 15.9 Å². The highest BCUT2D eigenvalue weighted by Gasteiger charge is 2.00. The molecule has 0 amide bonds. The van der Waals surface area contributed by atoms with E-state index in [1.54, 1.807) is 6.07 Å². The Labute approximate surface area is 114 Å². The van der Waals surface area contributed by atoms with E-state index in [2.05, 4.69) is 26.5 Å². The van der Waals surface area contributed by atoms with Gasteiger partial charge in [-0.25, -0.2) is 4.39 Å². The predicted octanol–water partition coefficient (Wildman–Crippen LogP) is 4.17. The van der Waals surface area contributed by atoms with E-state index in [1.165, 1.54) is 12.3 Å². The first-order valence-corrected chi connectivity index (χ1v) is 6.60. The topological polar surface area (TPSA) is 24.4 Å². The molecule has 0 fully saturated rings. The Balaban J connectivity index is 2.05. The van der Waals surface area contributed by atoms with Crippen LogP contribution in [0.4, 0.5) is 10.1 Å². The van der Waals surface area contributed by atoms with E-state index in [4.69, 9.17) is 0 Å². The van der Waals surface area contributed by atoms with Crippen LogP contribution in [0.5, 0.6) is 0 Å². The average molecular weight is 307 g/mol. The smallest absolute Gasteiger partial charge is 0.132 e. The van der Waals surface area contributed by atoms with Crippen molar-refractivity contribution in [2.24, 2.45) is 5.10 Å². The first-order chi connectivity index (χ1) is 8.79. The molecule has 0 unspecified atom stereocenters. The molecule has 0 radical (unpaired) electrons. The van der Waals surface area contributed by atoms with Crippen molar-refractivity contribution in [2.75, 3.05) is 5.43 Å². The van der Waals surface area contributed by atoms with Crippen LogP contribution in [0.1, 0.15) is 11.1 Å². The Morgan fingerprint density at radius 3 is 2.61 bits per heavy atom. The number of hydrogen-bond acceptors (Lipinski definition) is 2. The van der Waals surface area contributed by atoms with Gasteiger partial charge in [-0.2, -0.15) is 5.10 Å². The van der Waals surface area contributed by atoms with Crippen LogP contribution in [0, 0.1) is 5.82 Å². The van der Waals surface area contributed by atoms with Gasteiger partial charge in [-0.15, -0.1) is 0 Å². The third-order valence-corrected chi connectivity index (χ3v) is 3.04. The number of nitrogens with one attached hydrogen (secondary N) is 1. The van der Waals surface area contributed by atoms with Gasteiger partial charge in [0.25, 0.3) is 0 Å². The van der Waals surface area contributed by atoms with E-state index < -0.39 is 0 Å². The summed E-state index contributed by atoms with van der Waals surface area (Å²) in [5.41, 5.74) is 5.07. The van der Waals surface area contributed by atoms with Crippen LogP contribution in [0.2, 0.25) is 0 Å². The molecule has 0 saturated heterocycles. The van der Waals surface area contributed by atoms with Crippen molar-refractivity contribution in [3.8, 4) is 0 Å². The van der Waals surface area contributed by atoms with Gasteiger partial charge in [0.2, 0.25) is 0 Å². The molecule has 0 aromatic heterocycles. The Kier molecular flexibility index (Phi) is 4.47. The van der Waals surface area contributed by atoms with Gasteiger partial charge in [-0.05, 0) is 23.8 Å². The van der Waals surface area contributed by atoms with Crippen molar-refractivity contribution < 1.29 is 4.39 Å². The predicted molar refractivity (Wildman–Crippen MR) is 76.7 cm³/mol. The number of benzene rings is 2. The number of anilines is 1. The zero-order valence-electron chi connectivity index (χ0n) is 9.61. The molecule has 0 aliphatic carbocycles. The monoisotopic (exact) mass is 306 g/mol. The fourth-order valence-electron chi connectivity index (χ4n) is 1.45. The number of hydrogen-bond donors (Lipinski definition) is 1. The second kappa shape index (κ2) is 6.31. The molecule has 0 bridgehead atoms. The van der Waals surface area contributed by atoms with E-state index >= 15 is 0 Å². The Bertz CT molecular complexity index is 541. The first kappa shape index (κ1) is 12.8. The maximum Gasteiger partial charge on any atom is 0.132 e. The third kappa shape index (κ3) is 3.40. The van der Waals surface area contributed by atoms with Gasteiger partial charge in [0, 0.05) is 10.9 Å². The minimum Gasteiger partial charge on any atom is -0.279 e. The van der Waals surface area contributed by atoms with E-state index in [0.29, 0.717) is 10.9 Å². The molecule has 18 heavy (non-hydrogen) atoms. The van der Waals surface area contributed by atoms with Crippen molar-refractivity contribution in [1.29, 1.82) is 0 Å². The summed E-state index contributed by atoms with van der Waals surface area (Å²) in [6, 6.07) is 14.6. The van der Waals surface area contributed by atoms with Crippen LogP contribution in [0.3, 0.4) is 0 Å². The second-order valence-electron chi connectivity index (χ2n) is 3.73. The lowest BCUT2D eigenvalue weighted by molar-refractivity contribution is 0.624. The SMILES string of the molecule is Fc1cc(CBr)ccc1C=NNc1ccccc1. The maximum atomic E-state index is 13.6. The number of rotatable bonds is 4. The van der Waals surface area contributed by atoms with Gasteiger partial charge in [-0.1, -0.05) is 46.3 Å². The number of hydrazone groups is 1. The van der Waals surface area contributed by atoms with Gasteiger partial charge < -0.3 is 0 Å². The van der Waals surface area contributed by atoms with Crippen molar-refractivity contribution in [3.63, 3.8) is 0 Å². The molecule has 92 valence electrons. The molecule has 0 atom stereocenters. The minimum atomic E-state index is -0.273. The number of halogens is 2. The molecule has 2 nitrogen and oxygen atoms in total. The van der Waals surface area contributed by atoms with Crippen molar-refractivity contribution >= 4 is 27.8 Å². The largest absolute Gasteiger partial charge is 0.279 e. The van der Waals surface area contributed by atoms with Crippen LogP contribution in [-0.2, 0) is 5.33 Å². The molecular weight excluding hydrogens is 295 g/mol. The van der Waals surface area contributed by atoms with E-state index in [0.717, 1.165) is 11.3 Å². The zero-order chi connectivity index (χ0) is 12.8. The molecule has 2 aromatic rings. The highest BCUT2D eigenvalue weighted by atomic mass is 79.9. The lowest BCUT2D eigenvalue weighted by Crippen LogP contribution is -1.94. The van der Waals surface area contributed by atoms with Crippen LogP contribution in [0.25, 0.3) is 0 Å². The Morgan fingerprint density at radius 2 is 1.94 bits per heavy atom. The number of para-hydroxylation sites is 1. The van der Waals surface area contributed by atoms with E-state index in [9.17, 15) is 4.39 Å². The van der Waals surface area contributed by atoms with Crippen molar-refractivity contribution in [1.82, 2.24) is 0 Å². The van der Waals surface area contributed by atoms with E-state index in [-0.39, 0.29) is 5.82 Å². The summed E-state index contributed by atoms with van der Waals surface area (Å²) >= 11 is 3.29. The molecule has 0 heterocycles. The molecule has 2 rings (SSSR count). The first-order valence-electron chi connectivity index (χ1n) is 5.48. The van der Waals surface area contributed by atoms with Gasteiger partial charge in [0.1, 0.15) is 5.82 Å². The molecule has 4 heteroatoms. The summed E-state index contributed by atoms with van der Waals surface area (Å²) in [5, 5.41) is 4.64. The van der Waals surface area contributed by atoms with E-state index in [1.807, 2.05) is 36.4 Å². The van der Waals surface area contributed by atoms with Gasteiger partial charge in [0.15, 0.2) is 0 Å². The fraction of sp³-hybridized carbons (Fsp3) is 0.0714. The molecule has 2 aromatic carbocycles. The normalized spacial score (nSPS) is 10.8. The summed E-state index contributed by atoms with van der Waals surface area (Å²) in [5.74, 6) is -0.273. The second-order valence-corrected chi connectivity index (χ2v) is 4.29. The average Bonchev–Trinajstić information content (AvgIpc) is 2.42. The van der Waals surface area contributed by atoms with Crippen LogP contribution in [0.15, 0.2) is 53.6 Å². The molecule has 0 saturated carbocycles. The Morgan fingerprint density at radius 1 is 1.17 bits per heavy atom. The van der Waals surface area contributed by atoms with Crippen LogP contribution in [-0.4, -0.2) is 6.21 Å². The molecule has 0 aliphatic heterocycles. The van der Waals surface area contributed by atoms with Crippen molar-refractivity contribution in [3.05, 3.63) is 65.5 Å². The van der Waals surface area contributed by atoms with Crippen LogP contribution < -0.4 is 5.43 Å². The summed E-state index contributed by atoms with van der Waals surface area (Å²) in [4.78, 5) is 0. The number of nitrogens with zero attached hydrogens (tertiary/aromatic N) is 1. The minimum absolute atomic E-state index is 0.273. The third-order valence-electron chi connectivity index (χ3n) is 2.39. The summed E-state index contributed by atoms with van der Waals surface area (Å²) < 4.78 is 13.6. The molecule has 0 aliphatic rings. The summed E-state index contributed by atoms with van der Waals surface area (Å²) in [7, 11) is 0. The zero-order valence-corrected chi connectivity index (χ0v) is 11.2. The molecular formula is C14H12BrFN2. The standard InChI is InChI=1S/C14H12BrFN2/c15-9-11-6-7-12(14(16)8-11)10-17-18-13-4-2-1-3-5-13/h1-8,10,18H,9H2. The lowest BCUT2D eigenvalue weighted by atomic mass is 10.1. The van der Waals surface area contributed by atoms with Gasteiger partial charge in [0.05, 0.1) is 11.9 Å². The highest BCUT2D eigenvalue weighted by molar-refractivity contribution is 9.08. The quantitative estimate of drug-likeness (QED) is 0.512. The molecule has 1 N–H and O–H groups in total.